The van der Waals surface area contributed by atoms with E-state index in [4.69, 9.17) is 0 Å². The van der Waals surface area contributed by atoms with Crippen molar-refractivity contribution < 1.29 is 4.79 Å². The van der Waals surface area contributed by atoms with E-state index in [-0.39, 0.29) is 0 Å². The van der Waals surface area contributed by atoms with E-state index in [1.165, 1.54) is 5.56 Å². The highest BCUT2D eigenvalue weighted by molar-refractivity contribution is 5.97. The first-order chi connectivity index (χ1) is 6.85. The van der Waals surface area contributed by atoms with Gasteiger partial charge in [0.15, 0.2) is 6.29 Å². The lowest BCUT2D eigenvalue weighted by Gasteiger charge is -1.98. The molecule has 14 heavy (non-hydrogen) atoms. The molecule has 0 amide bonds. The monoisotopic (exact) mass is 187 g/mol. The molecule has 0 saturated carbocycles. The number of hydrogen-bond donors (Lipinski definition) is 1. The summed E-state index contributed by atoms with van der Waals surface area (Å²) in [5.41, 5.74) is 3.11. The molecule has 1 N–H and O–H groups in total. The fraction of sp³-hybridized carbons (Fsp3) is 0.250. The summed E-state index contributed by atoms with van der Waals surface area (Å²) >= 11 is 0. The molecular weight excluding hydrogens is 174 g/mol. The summed E-state index contributed by atoms with van der Waals surface area (Å²) in [5.74, 6) is 0. The molecule has 2 rings (SSSR count). The molecule has 1 aromatic carbocycles. The smallest absolute Gasteiger partial charge is 0.152 e. The van der Waals surface area contributed by atoms with E-state index in [0.717, 1.165) is 35.6 Å². The van der Waals surface area contributed by atoms with Crippen molar-refractivity contribution >= 4 is 17.2 Å². The molecule has 2 aromatic rings. The SMILES string of the molecule is CCCc1ccc2c(C=O)c[nH]c2c1. The van der Waals surface area contributed by atoms with Crippen molar-refractivity contribution in [3.8, 4) is 0 Å². The van der Waals surface area contributed by atoms with Gasteiger partial charge in [0.05, 0.1) is 0 Å². The minimum absolute atomic E-state index is 0.739. The predicted molar refractivity (Wildman–Crippen MR) is 57.7 cm³/mol. The van der Waals surface area contributed by atoms with Gasteiger partial charge in [-0.3, -0.25) is 4.79 Å². The Bertz CT molecular complexity index is 456. The summed E-state index contributed by atoms with van der Waals surface area (Å²) in [6.45, 7) is 2.16. The first kappa shape index (κ1) is 9.00. The van der Waals surface area contributed by atoms with Gasteiger partial charge < -0.3 is 4.98 Å². The fourth-order valence-corrected chi connectivity index (χ4v) is 1.74. The van der Waals surface area contributed by atoms with Gasteiger partial charge in [0.1, 0.15) is 0 Å². The van der Waals surface area contributed by atoms with Crippen LogP contribution in [0.1, 0.15) is 29.3 Å². The third-order valence-corrected chi connectivity index (χ3v) is 2.44. The molecule has 2 heteroatoms. The van der Waals surface area contributed by atoms with Crippen LogP contribution < -0.4 is 0 Å². The Balaban J connectivity index is 2.51. The number of aldehydes is 1. The highest BCUT2D eigenvalue weighted by atomic mass is 16.1. The second-order valence-electron chi connectivity index (χ2n) is 3.49. The summed E-state index contributed by atoms with van der Waals surface area (Å²) in [6.07, 6.45) is 4.88. The Morgan fingerprint density at radius 1 is 1.43 bits per heavy atom. The van der Waals surface area contributed by atoms with Crippen LogP contribution >= 0.6 is 0 Å². The highest BCUT2D eigenvalue weighted by Gasteiger charge is 2.02. The third kappa shape index (κ3) is 1.43. The van der Waals surface area contributed by atoms with Crippen molar-refractivity contribution in [1.29, 1.82) is 0 Å². The van der Waals surface area contributed by atoms with Gasteiger partial charge in [0, 0.05) is 22.7 Å². The lowest BCUT2D eigenvalue weighted by atomic mass is 10.1. The molecule has 0 bridgehead atoms. The zero-order valence-electron chi connectivity index (χ0n) is 8.21. The number of carbonyl (C=O) groups excluding carboxylic acids is 1. The van der Waals surface area contributed by atoms with Gasteiger partial charge in [0.2, 0.25) is 0 Å². The van der Waals surface area contributed by atoms with E-state index in [1.807, 2.05) is 6.07 Å². The molecule has 0 unspecified atom stereocenters. The molecule has 2 nitrogen and oxygen atoms in total. The lowest BCUT2D eigenvalue weighted by Crippen LogP contribution is -1.82. The Kier molecular flexibility index (Phi) is 2.35. The van der Waals surface area contributed by atoms with Crippen molar-refractivity contribution in [3.05, 3.63) is 35.5 Å². The van der Waals surface area contributed by atoms with Crippen LogP contribution in [0, 0.1) is 0 Å². The Labute approximate surface area is 82.9 Å². The number of aryl methyl sites for hydroxylation is 1. The lowest BCUT2D eigenvalue weighted by molar-refractivity contribution is 0.112. The number of fused-ring (bicyclic) bond motifs is 1. The molecular formula is C12H13NO. The molecule has 0 aliphatic carbocycles. The van der Waals surface area contributed by atoms with E-state index in [9.17, 15) is 4.79 Å². The predicted octanol–water partition coefficient (Wildman–Crippen LogP) is 2.93. The number of rotatable bonds is 3. The van der Waals surface area contributed by atoms with Gasteiger partial charge in [-0.15, -0.1) is 0 Å². The van der Waals surface area contributed by atoms with Crippen LogP contribution in [-0.2, 0) is 6.42 Å². The Morgan fingerprint density at radius 2 is 2.29 bits per heavy atom. The number of H-pyrrole nitrogens is 1. The van der Waals surface area contributed by atoms with Crippen LogP contribution in [-0.4, -0.2) is 11.3 Å². The van der Waals surface area contributed by atoms with Crippen molar-refractivity contribution in [3.63, 3.8) is 0 Å². The van der Waals surface area contributed by atoms with Crippen molar-refractivity contribution in [2.45, 2.75) is 19.8 Å². The van der Waals surface area contributed by atoms with Crippen LogP contribution in [0.5, 0.6) is 0 Å². The van der Waals surface area contributed by atoms with Crippen molar-refractivity contribution in [1.82, 2.24) is 4.98 Å². The topological polar surface area (TPSA) is 32.9 Å². The van der Waals surface area contributed by atoms with Crippen LogP contribution in [0.15, 0.2) is 24.4 Å². The standard InChI is InChI=1S/C12H13NO/c1-2-3-9-4-5-11-10(8-14)7-13-12(11)6-9/h4-8,13H,2-3H2,1H3. The maximum Gasteiger partial charge on any atom is 0.152 e. The molecule has 0 fully saturated rings. The third-order valence-electron chi connectivity index (χ3n) is 2.44. The number of aromatic amines is 1. The van der Waals surface area contributed by atoms with Crippen molar-refractivity contribution in [2.24, 2.45) is 0 Å². The number of aromatic nitrogens is 1. The second-order valence-corrected chi connectivity index (χ2v) is 3.49. The molecule has 0 radical (unpaired) electrons. The molecule has 0 atom stereocenters. The van der Waals surface area contributed by atoms with Crippen LogP contribution in [0.25, 0.3) is 10.9 Å². The maximum absolute atomic E-state index is 10.7. The van der Waals surface area contributed by atoms with Gasteiger partial charge in [0.25, 0.3) is 0 Å². The summed E-state index contributed by atoms with van der Waals surface area (Å²) in [6, 6.07) is 6.22. The first-order valence-corrected chi connectivity index (χ1v) is 4.90. The molecule has 0 aliphatic rings. The van der Waals surface area contributed by atoms with Gasteiger partial charge in [-0.25, -0.2) is 0 Å². The highest BCUT2D eigenvalue weighted by Crippen LogP contribution is 2.18. The quantitative estimate of drug-likeness (QED) is 0.736. The average Bonchev–Trinajstić information content (AvgIpc) is 2.60. The van der Waals surface area contributed by atoms with E-state index in [2.05, 4.69) is 24.0 Å². The number of benzene rings is 1. The maximum atomic E-state index is 10.7. The average molecular weight is 187 g/mol. The second kappa shape index (κ2) is 3.66. The molecule has 1 aromatic heterocycles. The summed E-state index contributed by atoms with van der Waals surface area (Å²) in [7, 11) is 0. The van der Waals surface area contributed by atoms with Crippen molar-refractivity contribution in [2.75, 3.05) is 0 Å². The van der Waals surface area contributed by atoms with E-state index < -0.39 is 0 Å². The van der Waals surface area contributed by atoms with Gasteiger partial charge in [-0.05, 0) is 18.1 Å². The van der Waals surface area contributed by atoms with Gasteiger partial charge in [-0.1, -0.05) is 25.5 Å². The zero-order valence-corrected chi connectivity index (χ0v) is 8.21. The first-order valence-electron chi connectivity index (χ1n) is 4.90. The minimum Gasteiger partial charge on any atom is -0.360 e. The van der Waals surface area contributed by atoms with Gasteiger partial charge >= 0.3 is 0 Å². The number of nitrogens with one attached hydrogen (secondary N) is 1. The normalized spacial score (nSPS) is 10.6. The molecule has 0 saturated heterocycles. The largest absolute Gasteiger partial charge is 0.360 e. The molecule has 72 valence electrons. The molecule has 0 spiro atoms. The van der Waals surface area contributed by atoms with Crippen LogP contribution in [0.2, 0.25) is 0 Å². The number of hydrogen-bond acceptors (Lipinski definition) is 1. The van der Waals surface area contributed by atoms with E-state index >= 15 is 0 Å². The zero-order chi connectivity index (χ0) is 9.97. The van der Waals surface area contributed by atoms with E-state index in [0.29, 0.717) is 0 Å². The van der Waals surface area contributed by atoms with Gasteiger partial charge in [-0.2, -0.15) is 0 Å². The Morgan fingerprint density at radius 3 is 3.00 bits per heavy atom. The molecule has 0 aliphatic heterocycles. The summed E-state index contributed by atoms with van der Waals surface area (Å²) < 4.78 is 0. The fourth-order valence-electron chi connectivity index (χ4n) is 1.74. The molecule has 1 heterocycles. The summed E-state index contributed by atoms with van der Waals surface area (Å²) in [4.78, 5) is 13.8. The minimum atomic E-state index is 0.739. The van der Waals surface area contributed by atoms with E-state index in [1.54, 1.807) is 6.20 Å². The Hall–Kier alpha value is -1.57. The van der Waals surface area contributed by atoms with Crippen LogP contribution in [0.3, 0.4) is 0 Å². The number of carbonyl (C=O) groups is 1. The van der Waals surface area contributed by atoms with Crippen LogP contribution in [0.4, 0.5) is 0 Å². The summed E-state index contributed by atoms with van der Waals surface area (Å²) in [5, 5.41) is 1.01.